The Morgan fingerprint density at radius 1 is 1.12 bits per heavy atom. The Bertz CT molecular complexity index is 695. The van der Waals surface area contributed by atoms with Gasteiger partial charge in [0.15, 0.2) is 5.96 Å². The van der Waals surface area contributed by atoms with Gasteiger partial charge in [-0.1, -0.05) is 29.8 Å². The van der Waals surface area contributed by atoms with Crippen LogP contribution in [0.3, 0.4) is 0 Å². The summed E-state index contributed by atoms with van der Waals surface area (Å²) in [7, 11) is 3.36. The first-order valence-corrected chi connectivity index (χ1v) is 8.01. The van der Waals surface area contributed by atoms with E-state index in [1.807, 2.05) is 24.3 Å². The Labute approximate surface area is 169 Å². The number of hydrogen-bond donors (Lipinski definition) is 2. The molecule has 0 aliphatic rings. The highest BCUT2D eigenvalue weighted by Gasteiger charge is 2.03. The molecule has 4 nitrogen and oxygen atoms in total. The van der Waals surface area contributed by atoms with Crippen LogP contribution in [-0.2, 0) is 13.0 Å². The number of nitrogens with one attached hydrogen (secondary N) is 2. The minimum Gasteiger partial charge on any atom is -0.497 e. The molecule has 0 aliphatic heterocycles. The standard InChI is InChI=1S/C18H21ClFN3O.HI/c1-21-18(23-12-14-5-8-17(20)16(19)11-14)22-10-9-13-3-6-15(24-2)7-4-13;/h3-8,11H,9-10,12H2,1-2H3,(H2,21,22,23);1H. The molecule has 0 saturated carbocycles. The third kappa shape index (κ3) is 7.07. The zero-order valence-corrected chi connectivity index (χ0v) is 17.3. The van der Waals surface area contributed by atoms with Gasteiger partial charge in [0.05, 0.1) is 12.1 Å². The van der Waals surface area contributed by atoms with Crippen LogP contribution in [0.5, 0.6) is 5.75 Å². The average molecular weight is 478 g/mol. The van der Waals surface area contributed by atoms with Gasteiger partial charge in [-0.05, 0) is 41.8 Å². The van der Waals surface area contributed by atoms with Gasteiger partial charge in [0.1, 0.15) is 11.6 Å². The van der Waals surface area contributed by atoms with Crippen molar-refractivity contribution in [2.75, 3.05) is 20.7 Å². The van der Waals surface area contributed by atoms with Gasteiger partial charge in [-0.2, -0.15) is 0 Å². The summed E-state index contributed by atoms with van der Waals surface area (Å²) < 4.78 is 18.3. The summed E-state index contributed by atoms with van der Waals surface area (Å²) >= 11 is 5.78. The molecule has 0 aromatic heterocycles. The molecule has 136 valence electrons. The SMILES string of the molecule is CN=C(NCCc1ccc(OC)cc1)NCc1ccc(F)c(Cl)c1.I. The first-order valence-electron chi connectivity index (χ1n) is 7.63. The average Bonchev–Trinajstić information content (AvgIpc) is 2.61. The summed E-state index contributed by atoms with van der Waals surface area (Å²) in [6, 6.07) is 12.6. The molecular formula is C18H22ClFIN3O. The molecular weight excluding hydrogens is 456 g/mol. The molecule has 0 amide bonds. The van der Waals surface area contributed by atoms with E-state index in [9.17, 15) is 4.39 Å². The summed E-state index contributed by atoms with van der Waals surface area (Å²) in [5.74, 6) is 1.12. The lowest BCUT2D eigenvalue weighted by molar-refractivity contribution is 0.414. The van der Waals surface area contributed by atoms with Crippen molar-refractivity contribution in [2.45, 2.75) is 13.0 Å². The first-order chi connectivity index (χ1) is 11.6. The number of methoxy groups -OCH3 is 1. The molecule has 0 heterocycles. The Hall–Kier alpha value is -1.54. The molecule has 0 aliphatic carbocycles. The molecule has 0 unspecified atom stereocenters. The van der Waals surface area contributed by atoms with Crippen LogP contribution in [0.2, 0.25) is 5.02 Å². The van der Waals surface area contributed by atoms with Crippen molar-refractivity contribution in [3.8, 4) is 5.75 Å². The number of ether oxygens (including phenoxy) is 1. The van der Waals surface area contributed by atoms with Gasteiger partial charge < -0.3 is 15.4 Å². The largest absolute Gasteiger partial charge is 0.497 e. The summed E-state index contributed by atoms with van der Waals surface area (Å²) in [4.78, 5) is 4.17. The van der Waals surface area contributed by atoms with Crippen LogP contribution >= 0.6 is 35.6 Å². The van der Waals surface area contributed by atoms with Crippen molar-refractivity contribution >= 4 is 41.5 Å². The van der Waals surface area contributed by atoms with Gasteiger partial charge in [-0.25, -0.2) is 4.39 Å². The van der Waals surface area contributed by atoms with Gasteiger partial charge in [0.25, 0.3) is 0 Å². The quantitative estimate of drug-likeness (QED) is 0.375. The minimum absolute atomic E-state index is 0. The second kappa shape index (κ2) is 11.1. The molecule has 2 rings (SSSR count). The molecule has 0 bridgehead atoms. The van der Waals surface area contributed by atoms with Crippen LogP contribution in [0.4, 0.5) is 4.39 Å². The van der Waals surface area contributed by atoms with E-state index in [1.165, 1.54) is 11.6 Å². The zero-order valence-electron chi connectivity index (χ0n) is 14.2. The van der Waals surface area contributed by atoms with Crippen LogP contribution in [0.1, 0.15) is 11.1 Å². The van der Waals surface area contributed by atoms with Crippen molar-refractivity contribution in [1.29, 1.82) is 0 Å². The summed E-state index contributed by atoms with van der Waals surface area (Å²) in [6.45, 7) is 1.26. The third-order valence-electron chi connectivity index (χ3n) is 3.53. The van der Waals surface area contributed by atoms with Crippen LogP contribution in [0.15, 0.2) is 47.5 Å². The molecule has 25 heavy (non-hydrogen) atoms. The van der Waals surface area contributed by atoms with E-state index >= 15 is 0 Å². The number of halogens is 3. The summed E-state index contributed by atoms with van der Waals surface area (Å²) in [6.07, 6.45) is 0.868. The summed E-state index contributed by atoms with van der Waals surface area (Å²) in [5.41, 5.74) is 2.10. The molecule has 0 spiro atoms. The minimum atomic E-state index is -0.414. The van der Waals surface area contributed by atoms with Gasteiger partial charge in [-0.15, -0.1) is 24.0 Å². The number of nitrogens with zero attached hydrogens (tertiary/aromatic N) is 1. The van der Waals surface area contributed by atoms with E-state index < -0.39 is 5.82 Å². The van der Waals surface area contributed by atoms with Gasteiger partial charge in [-0.3, -0.25) is 4.99 Å². The molecule has 2 aromatic carbocycles. The van der Waals surface area contributed by atoms with Gasteiger partial charge >= 0.3 is 0 Å². The number of hydrogen-bond acceptors (Lipinski definition) is 2. The Morgan fingerprint density at radius 3 is 2.40 bits per heavy atom. The Morgan fingerprint density at radius 2 is 1.80 bits per heavy atom. The fourth-order valence-corrected chi connectivity index (χ4v) is 2.38. The number of aliphatic imine (C=N–C) groups is 1. The second-order valence-corrected chi connectivity index (χ2v) is 5.61. The van der Waals surface area contributed by atoms with Gasteiger partial charge in [0, 0.05) is 20.1 Å². The molecule has 0 atom stereocenters. The van der Waals surface area contributed by atoms with Crippen molar-refractivity contribution in [2.24, 2.45) is 4.99 Å². The van der Waals surface area contributed by atoms with Crippen molar-refractivity contribution < 1.29 is 9.13 Å². The smallest absolute Gasteiger partial charge is 0.191 e. The van der Waals surface area contributed by atoms with E-state index in [-0.39, 0.29) is 29.0 Å². The topological polar surface area (TPSA) is 45.7 Å². The fraction of sp³-hybridized carbons (Fsp3) is 0.278. The van der Waals surface area contributed by atoms with E-state index in [2.05, 4.69) is 15.6 Å². The normalized spacial score (nSPS) is 10.8. The maximum atomic E-state index is 13.1. The van der Waals surface area contributed by atoms with Crippen molar-refractivity contribution in [3.63, 3.8) is 0 Å². The predicted molar refractivity (Wildman–Crippen MR) is 112 cm³/mol. The number of rotatable bonds is 6. The predicted octanol–water partition coefficient (Wildman–Crippen LogP) is 4.01. The van der Waals surface area contributed by atoms with E-state index in [4.69, 9.17) is 16.3 Å². The summed E-state index contributed by atoms with van der Waals surface area (Å²) in [5, 5.41) is 6.54. The Balaban J connectivity index is 0.00000312. The monoisotopic (exact) mass is 477 g/mol. The van der Waals surface area contributed by atoms with Crippen LogP contribution in [-0.4, -0.2) is 26.7 Å². The van der Waals surface area contributed by atoms with Gasteiger partial charge in [0.2, 0.25) is 0 Å². The Kier molecular flexibility index (Phi) is 9.59. The lowest BCUT2D eigenvalue weighted by Gasteiger charge is -2.12. The molecule has 2 aromatic rings. The van der Waals surface area contributed by atoms with Crippen LogP contribution in [0, 0.1) is 5.82 Å². The lowest BCUT2D eigenvalue weighted by Crippen LogP contribution is -2.37. The second-order valence-electron chi connectivity index (χ2n) is 5.20. The van der Waals surface area contributed by atoms with Crippen LogP contribution < -0.4 is 15.4 Å². The van der Waals surface area contributed by atoms with Crippen LogP contribution in [0.25, 0.3) is 0 Å². The van der Waals surface area contributed by atoms with Crippen molar-refractivity contribution in [1.82, 2.24) is 10.6 Å². The maximum absolute atomic E-state index is 13.1. The van der Waals surface area contributed by atoms with E-state index in [0.717, 1.165) is 24.3 Å². The fourth-order valence-electron chi connectivity index (χ4n) is 2.17. The first kappa shape index (κ1) is 21.5. The van der Waals surface area contributed by atoms with E-state index in [1.54, 1.807) is 26.3 Å². The maximum Gasteiger partial charge on any atom is 0.191 e. The molecule has 7 heteroatoms. The highest BCUT2D eigenvalue weighted by molar-refractivity contribution is 14.0. The third-order valence-corrected chi connectivity index (χ3v) is 3.82. The highest BCUT2D eigenvalue weighted by Crippen LogP contribution is 2.15. The molecule has 0 radical (unpaired) electrons. The highest BCUT2D eigenvalue weighted by atomic mass is 127. The zero-order chi connectivity index (χ0) is 17.4. The molecule has 0 saturated heterocycles. The number of guanidine groups is 1. The van der Waals surface area contributed by atoms with Crippen molar-refractivity contribution in [3.05, 3.63) is 64.4 Å². The molecule has 0 fully saturated rings. The van der Waals surface area contributed by atoms with E-state index in [0.29, 0.717) is 12.5 Å². The lowest BCUT2D eigenvalue weighted by atomic mass is 10.1. The molecule has 2 N–H and O–H groups in total. The number of benzene rings is 2.